The highest BCUT2D eigenvalue weighted by atomic mass is 35.5. The third-order valence-corrected chi connectivity index (χ3v) is 3.80. The van der Waals surface area contributed by atoms with Crippen molar-refractivity contribution >= 4 is 36.2 Å². The van der Waals surface area contributed by atoms with Crippen molar-refractivity contribution < 1.29 is 0 Å². The van der Waals surface area contributed by atoms with Gasteiger partial charge in [0.25, 0.3) is 0 Å². The Balaban J connectivity index is 2.73. The summed E-state index contributed by atoms with van der Waals surface area (Å²) in [5.41, 5.74) is 3.06. The second kappa shape index (κ2) is 6.67. The smallest absolute Gasteiger partial charge is 0.0749 e. The molecule has 1 aromatic heterocycles. The lowest BCUT2D eigenvalue weighted by molar-refractivity contribution is 1.01. The van der Waals surface area contributed by atoms with Crippen LogP contribution >= 0.6 is 11.6 Å². The molecule has 0 spiro atoms. The molecule has 1 heterocycles. The van der Waals surface area contributed by atoms with Crippen molar-refractivity contribution in [3.63, 3.8) is 0 Å². The summed E-state index contributed by atoms with van der Waals surface area (Å²) in [6.07, 6.45) is 12.9. The Bertz CT molecular complexity index is 696. The number of aliphatic imine (C=N–C) groups is 1. The predicted octanol–water partition coefficient (Wildman–Crippen LogP) is 3.32. The van der Waals surface area contributed by atoms with Gasteiger partial charge in [0, 0.05) is 28.2 Å². The molecule has 0 aliphatic heterocycles. The average Bonchev–Trinajstić information content (AvgIpc) is 2.44. The molecule has 1 aromatic rings. The summed E-state index contributed by atoms with van der Waals surface area (Å²) in [5, 5.41) is 3.05. The van der Waals surface area contributed by atoms with Crippen LogP contribution < -0.4 is 10.4 Å². The summed E-state index contributed by atoms with van der Waals surface area (Å²) in [6, 6.07) is 0. The highest BCUT2D eigenvalue weighted by Gasteiger charge is 2.12. The predicted molar refractivity (Wildman–Crippen MR) is 88.1 cm³/mol. The number of nitrogens with zero attached hydrogens (tertiary/aromatic N) is 2. The van der Waals surface area contributed by atoms with E-state index >= 15 is 0 Å². The lowest BCUT2D eigenvalue weighted by Crippen LogP contribution is -2.29. The molecule has 0 N–H and O–H groups in total. The summed E-state index contributed by atoms with van der Waals surface area (Å²) >= 11 is 6.35. The second-order valence-corrected chi connectivity index (χ2v) is 5.24. The van der Waals surface area contributed by atoms with E-state index in [1.54, 1.807) is 6.20 Å². The number of allylic oxidation sites excluding steroid dienone is 4. The van der Waals surface area contributed by atoms with Gasteiger partial charge in [-0.15, -0.1) is 0 Å². The lowest BCUT2D eigenvalue weighted by atomic mass is 9.99. The maximum atomic E-state index is 6.35. The topological polar surface area (TPSA) is 25.2 Å². The number of halogens is 1. The first kappa shape index (κ1) is 14.7. The molecule has 2 nitrogen and oxygen atoms in total. The minimum atomic E-state index is 0.882. The van der Waals surface area contributed by atoms with Crippen molar-refractivity contribution in [2.75, 3.05) is 0 Å². The van der Waals surface area contributed by atoms with Gasteiger partial charge in [0.15, 0.2) is 0 Å². The number of aromatic nitrogens is 1. The van der Waals surface area contributed by atoms with Crippen molar-refractivity contribution in [2.45, 2.75) is 33.1 Å². The Morgan fingerprint density at radius 1 is 1.50 bits per heavy atom. The van der Waals surface area contributed by atoms with E-state index in [1.165, 1.54) is 0 Å². The lowest BCUT2D eigenvalue weighted by Gasteiger charge is -2.13. The molecule has 0 bridgehead atoms. The van der Waals surface area contributed by atoms with Crippen LogP contribution in [0.2, 0.25) is 0 Å². The van der Waals surface area contributed by atoms with E-state index in [0.717, 1.165) is 51.6 Å². The Labute approximate surface area is 124 Å². The minimum absolute atomic E-state index is 0.882. The first-order valence-electron chi connectivity index (χ1n) is 6.86. The summed E-state index contributed by atoms with van der Waals surface area (Å²) in [6.45, 7) is 7.73. The zero-order valence-corrected chi connectivity index (χ0v) is 12.7. The summed E-state index contributed by atoms with van der Waals surface area (Å²) < 4.78 is 0. The molecule has 1 aliphatic carbocycles. The van der Waals surface area contributed by atoms with Crippen LogP contribution in [0.1, 0.15) is 37.4 Å². The molecule has 0 atom stereocenters. The zero-order valence-electron chi connectivity index (χ0n) is 12.0. The van der Waals surface area contributed by atoms with E-state index in [-0.39, 0.29) is 0 Å². The first-order chi connectivity index (χ1) is 9.69. The molecule has 104 valence electrons. The van der Waals surface area contributed by atoms with Gasteiger partial charge in [-0.05, 0) is 43.7 Å². The fourth-order valence-corrected chi connectivity index (χ4v) is 2.67. The highest BCUT2D eigenvalue weighted by Crippen LogP contribution is 2.29. The first-order valence-corrected chi connectivity index (χ1v) is 7.24. The van der Waals surface area contributed by atoms with Crippen molar-refractivity contribution in [1.29, 1.82) is 0 Å². The quantitative estimate of drug-likeness (QED) is 0.783. The molecular weight excluding hydrogens is 268 g/mol. The van der Waals surface area contributed by atoms with E-state index in [9.17, 15) is 0 Å². The van der Waals surface area contributed by atoms with Gasteiger partial charge in [-0.3, -0.25) is 9.98 Å². The fourth-order valence-electron chi connectivity index (χ4n) is 2.41. The molecule has 0 radical (unpaired) electrons. The van der Waals surface area contributed by atoms with E-state index in [4.69, 9.17) is 11.6 Å². The van der Waals surface area contributed by atoms with Crippen LogP contribution in [0.3, 0.4) is 0 Å². The number of hydrogen-bond donors (Lipinski definition) is 0. The monoisotopic (exact) mass is 286 g/mol. The van der Waals surface area contributed by atoms with Gasteiger partial charge in [-0.2, -0.15) is 0 Å². The largest absolute Gasteiger partial charge is 0.272 e. The molecule has 1 aliphatic rings. The van der Waals surface area contributed by atoms with Gasteiger partial charge >= 0.3 is 0 Å². The van der Waals surface area contributed by atoms with Crippen LogP contribution in [-0.4, -0.2) is 11.7 Å². The standard InChI is InChI=1S/C17H19ClN2/c1-4-7-13-10-20-17(12(2)15(13)11-19-3)14-8-5-6-9-16(14)18/h5,7-8,10-11H,3-4,6,9H2,1-2H3/b13-7-,15-11-. The Morgan fingerprint density at radius 3 is 2.95 bits per heavy atom. The Kier molecular flexibility index (Phi) is 4.91. The van der Waals surface area contributed by atoms with Gasteiger partial charge in [-0.25, -0.2) is 0 Å². The van der Waals surface area contributed by atoms with Gasteiger partial charge in [-0.1, -0.05) is 36.8 Å². The van der Waals surface area contributed by atoms with Gasteiger partial charge in [0.05, 0.1) is 5.69 Å². The van der Waals surface area contributed by atoms with Crippen LogP contribution in [-0.2, 0) is 0 Å². The number of rotatable bonds is 3. The van der Waals surface area contributed by atoms with E-state index < -0.39 is 0 Å². The summed E-state index contributed by atoms with van der Waals surface area (Å²) in [7, 11) is 0. The van der Waals surface area contributed by atoms with Crippen LogP contribution in [0.25, 0.3) is 17.8 Å². The molecule has 2 rings (SSSR count). The van der Waals surface area contributed by atoms with Gasteiger partial charge < -0.3 is 0 Å². The van der Waals surface area contributed by atoms with Crippen LogP contribution in [0.15, 0.2) is 28.4 Å². The van der Waals surface area contributed by atoms with Crippen LogP contribution in [0, 0.1) is 6.92 Å². The molecule has 0 saturated carbocycles. The van der Waals surface area contributed by atoms with Crippen molar-refractivity contribution in [3.05, 3.63) is 45.1 Å². The molecule has 0 saturated heterocycles. The molecule has 20 heavy (non-hydrogen) atoms. The maximum Gasteiger partial charge on any atom is 0.0749 e. The Hall–Kier alpha value is -1.67. The minimum Gasteiger partial charge on any atom is -0.272 e. The third kappa shape index (κ3) is 2.91. The molecule has 0 unspecified atom stereocenters. The zero-order chi connectivity index (χ0) is 14.5. The number of pyridine rings is 1. The SMILES string of the molecule is C=N/C=c1/c(C)c(C2=C(Cl)CCC=C2)nc/c1=C/CC. The second-order valence-electron chi connectivity index (χ2n) is 4.78. The molecule has 0 aromatic carbocycles. The summed E-state index contributed by atoms with van der Waals surface area (Å²) in [5.74, 6) is 0. The summed E-state index contributed by atoms with van der Waals surface area (Å²) in [4.78, 5) is 8.53. The van der Waals surface area contributed by atoms with Crippen LogP contribution in [0.5, 0.6) is 0 Å². The van der Waals surface area contributed by atoms with E-state index in [0.29, 0.717) is 0 Å². The highest BCUT2D eigenvalue weighted by molar-refractivity contribution is 6.33. The van der Waals surface area contributed by atoms with Crippen molar-refractivity contribution in [2.24, 2.45) is 4.99 Å². The third-order valence-electron chi connectivity index (χ3n) is 3.41. The maximum absolute atomic E-state index is 6.35. The number of hydrogen-bond acceptors (Lipinski definition) is 2. The normalized spacial score (nSPS) is 16.9. The van der Waals surface area contributed by atoms with E-state index in [1.807, 2.05) is 6.20 Å². The van der Waals surface area contributed by atoms with Crippen molar-refractivity contribution in [1.82, 2.24) is 4.98 Å². The average molecular weight is 287 g/mol. The molecule has 0 amide bonds. The Morgan fingerprint density at radius 2 is 2.30 bits per heavy atom. The molecular formula is C17H19ClN2. The fraction of sp³-hybridized carbons (Fsp3) is 0.294. The van der Waals surface area contributed by atoms with Crippen LogP contribution in [0.4, 0.5) is 0 Å². The van der Waals surface area contributed by atoms with E-state index in [2.05, 4.69) is 48.8 Å². The van der Waals surface area contributed by atoms with Gasteiger partial charge in [0.2, 0.25) is 0 Å². The van der Waals surface area contributed by atoms with Crippen molar-refractivity contribution in [3.8, 4) is 0 Å². The molecule has 3 heteroatoms. The van der Waals surface area contributed by atoms with Gasteiger partial charge in [0.1, 0.15) is 0 Å². The molecule has 0 fully saturated rings.